The van der Waals surface area contributed by atoms with Crippen LogP contribution in [0, 0.1) is 11.3 Å². The second kappa shape index (κ2) is 6.56. The van der Waals surface area contributed by atoms with Crippen LogP contribution in [0.15, 0.2) is 42.7 Å². The molecule has 1 aliphatic heterocycles. The first-order valence-corrected chi connectivity index (χ1v) is 8.40. The topological polar surface area (TPSA) is 65.0 Å². The molecule has 1 N–H and O–H groups in total. The Labute approximate surface area is 147 Å². The molecule has 0 amide bonds. The first-order chi connectivity index (χ1) is 12.0. The van der Waals surface area contributed by atoms with Crippen LogP contribution in [-0.2, 0) is 9.53 Å². The van der Waals surface area contributed by atoms with Gasteiger partial charge in [-0.15, -0.1) is 6.58 Å². The molecule has 2 aliphatic rings. The summed E-state index contributed by atoms with van der Waals surface area (Å²) in [5.41, 5.74) is 0.540. The number of hydrogen-bond acceptors (Lipinski definition) is 5. The zero-order valence-electron chi connectivity index (χ0n) is 14.8. The smallest absolute Gasteiger partial charge is 0.187 e. The van der Waals surface area contributed by atoms with Crippen molar-refractivity contribution in [2.75, 3.05) is 14.2 Å². The molecule has 4 atom stereocenters. The number of ketones is 1. The van der Waals surface area contributed by atoms with Gasteiger partial charge in [0.15, 0.2) is 17.3 Å². The van der Waals surface area contributed by atoms with E-state index in [1.165, 1.54) is 6.08 Å². The monoisotopic (exact) mass is 344 g/mol. The van der Waals surface area contributed by atoms with Gasteiger partial charge in [-0.2, -0.15) is 0 Å². The lowest BCUT2D eigenvalue weighted by molar-refractivity contribution is -0.125. The second-order valence-corrected chi connectivity index (χ2v) is 6.72. The molecular formula is C20H24O5. The summed E-state index contributed by atoms with van der Waals surface area (Å²) in [7, 11) is 3.19. The van der Waals surface area contributed by atoms with Gasteiger partial charge in [-0.1, -0.05) is 19.1 Å². The van der Waals surface area contributed by atoms with E-state index < -0.39 is 11.5 Å². The van der Waals surface area contributed by atoms with Gasteiger partial charge < -0.3 is 19.3 Å². The lowest BCUT2D eigenvalue weighted by Gasteiger charge is -2.36. The third-order valence-electron chi connectivity index (χ3n) is 5.47. The molecular weight excluding hydrogens is 320 g/mol. The van der Waals surface area contributed by atoms with E-state index in [0.29, 0.717) is 30.1 Å². The van der Waals surface area contributed by atoms with Crippen LogP contribution in [0.2, 0.25) is 0 Å². The Morgan fingerprint density at radius 2 is 2.08 bits per heavy atom. The molecule has 1 heterocycles. The maximum absolute atomic E-state index is 11.9. The number of benzene rings is 1. The molecule has 1 aromatic rings. The summed E-state index contributed by atoms with van der Waals surface area (Å²) in [6, 6.07) is 5.69. The number of aliphatic hydroxyl groups excluding tert-OH is 1. The predicted octanol–water partition coefficient (Wildman–Crippen LogP) is 3.19. The van der Waals surface area contributed by atoms with E-state index in [1.54, 1.807) is 14.2 Å². The molecule has 1 aromatic carbocycles. The van der Waals surface area contributed by atoms with Crippen molar-refractivity contribution in [1.82, 2.24) is 0 Å². The molecule has 25 heavy (non-hydrogen) atoms. The first-order valence-electron chi connectivity index (χ1n) is 8.40. The Hall–Kier alpha value is -2.27. The van der Waals surface area contributed by atoms with Crippen molar-refractivity contribution in [3.63, 3.8) is 0 Å². The maximum atomic E-state index is 11.9. The van der Waals surface area contributed by atoms with E-state index in [0.717, 1.165) is 5.56 Å². The number of hydrogen-bond donors (Lipinski definition) is 1. The molecule has 0 unspecified atom stereocenters. The fourth-order valence-corrected chi connectivity index (χ4v) is 4.02. The highest BCUT2D eigenvalue weighted by molar-refractivity contribution is 5.95. The van der Waals surface area contributed by atoms with Gasteiger partial charge in [-0.05, 0) is 30.5 Å². The summed E-state index contributed by atoms with van der Waals surface area (Å²) >= 11 is 0. The molecule has 1 fully saturated rings. The third kappa shape index (κ3) is 2.72. The summed E-state index contributed by atoms with van der Waals surface area (Å²) in [6.07, 6.45) is 3.06. The Kier molecular flexibility index (Phi) is 4.60. The van der Waals surface area contributed by atoms with Crippen molar-refractivity contribution in [3.8, 4) is 11.5 Å². The van der Waals surface area contributed by atoms with Gasteiger partial charge in [0, 0.05) is 17.4 Å². The number of ether oxygens (including phenoxy) is 3. The van der Waals surface area contributed by atoms with E-state index in [2.05, 4.69) is 13.5 Å². The summed E-state index contributed by atoms with van der Waals surface area (Å²) in [5, 5.41) is 10.1. The Balaban J connectivity index is 2.02. The van der Waals surface area contributed by atoms with Crippen molar-refractivity contribution < 1.29 is 24.1 Å². The van der Waals surface area contributed by atoms with Crippen LogP contribution in [0.5, 0.6) is 11.5 Å². The molecule has 0 bridgehead atoms. The van der Waals surface area contributed by atoms with Gasteiger partial charge >= 0.3 is 0 Å². The maximum Gasteiger partial charge on any atom is 0.187 e. The van der Waals surface area contributed by atoms with E-state index in [1.807, 2.05) is 24.3 Å². The summed E-state index contributed by atoms with van der Waals surface area (Å²) < 4.78 is 16.9. The summed E-state index contributed by atoms with van der Waals surface area (Å²) in [6.45, 7) is 5.94. The van der Waals surface area contributed by atoms with Crippen molar-refractivity contribution in [2.24, 2.45) is 11.3 Å². The predicted molar refractivity (Wildman–Crippen MR) is 93.5 cm³/mol. The van der Waals surface area contributed by atoms with Crippen LogP contribution in [0.25, 0.3) is 0 Å². The van der Waals surface area contributed by atoms with E-state index >= 15 is 0 Å². The molecule has 3 rings (SSSR count). The fraction of sp³-hybridized carbons (Fsp3) is 0.450. The molecule has 1 saturated heterocycles. The zero-order chi connectivity index (χ0) is 18.2. The number of methoxy groups -OCH3 is 2. The summed E-state index contributed by atoms with van der Waals surface area (Å²) in [4.78, 5) is 11.9. The quantitative estimate of drug-likeness (QED) is 0.831. The van der Waals surface area contributed by atoms with Crippen LogP contribution < -0.4 is 9.47 Å². The molecule has 0 radical (unpaired) electrons. The third-order valence-corrected chi connectivity index (χ3v) is 5.47. The number of fused-ring (bicyclic) bond motifs is 1. The Bertz CT molecular complexity index is 723. The second-order valence-electron chi connectivity index (χ2n) is 6.72. The number of carbonyl (C=O) groups is 1. The molecule has 1 aliphatic carbocycles. The first kappa shape index (κ1) is 17.5. The van der Waals surface area contributed by atoms with Crippen LogP contribution in [0.3, 0.4) is 0 Å². The van der Waals surface area contributed by atoms with Crippen LogP contribution in [0.4, 0.5) is 0 Å². The van der Waals surface area contributed by atoms with Crippen molar-refractivity contribution in [1.29, 1.82) is 0 Å². The Morgan fingerprint density at radius 3 is 2.72 bits per heavy atom. The molecule has 134 valence electrons. The molecule has 5 nitrogen and oxygen atoms in total. The van der Waals surface area contributed by atoms with Crippen LogP contribution in [0.1, 0.15) is 31.4 Å². The van der Waals surface area contributed by atoms with Crippen LogP contribution in [-0.4, -0.2) is 31.2 Å². The molecule has 0 aromatic heterocycles. The van der Waals surface area contributed by atoms with Crippen molar-refractivity contribution in [2.45, 2.75) is 32.0 Å². The lowest BCUT2D eigenvalue weighted by Crippen LogP contribution is -2.38. The molecule has 0 spiro atoms. The van der Waals surface area contributed by atoms with E-state index in [-0.39, 0.29) is 17.8 Å². The van der Waals surface area contributed by atoms with Gasteiger partial charge in [0.05, 0.1) is 14.2 Å². The van der Waals surface area contributed by atoms with Crippen LogP contribution >= 0.6 is 0 Å². The zero-order valence-corrected chi connectivity index (χ0v) is 14.8. The SMILES string of the molecule is C=CC[C@]12C[C@H](O)C(=O)C=C1O[C@@H](c1ccc(OC)c(OC)c1)[C@H]2C. The van der Waals surface area contributed by atoms with E-state index in [4.69, 9.17) is 14.2 Å². The number of allylic oxidation sites excluding steroid dienone is 2. The molecule has 0 saturated carbocycles. The minimum Gasteiger partial charge on any atom is -0.493 e. The number of aliphatic hydroxyl groups is 1. The largest absolute Gasteiger partial charge is 0.493 e. The van der Waals surface area contributed by atoms with Gasteiger partial charge in [-0.25, -0.2) is 0 Å². The lowest BCUT2D eigenvalue weighted by atomic mass is 9.65. The van der Waals surface area contributed by atoms with Gasteiger partial charge in [0.2, 0.25) is 0 Å². The number of carbonyl (C=O) groups excluding carboxylic acids is 1. The van der Waals surface area contributed by atoms with Gasteiger partial charge in [-0.3, -0.25) is 4.79 Å². The van der Waals surface area contributed by atoms with Crippen molar-refractivity contribution in [3.05, 3.63) is 48.3 Å². The van der Waals surface area contributed by atoms with Crippen molar-refractivity contribution >= 4 is 5.78 Å². The summed E-state index contributed by atoms with van der Waals surface area (Å²) in [5.74, 6) is 1.70. The normalized spacial score (nSPS) is 31.0. The highest BCUT2D eigenvalue weighted by atomic mass is 16.5. The highest BCUT2D eigenvalue weighted by Gasteiger charge is 2.55. The number of rotatable bonds is 5. The minimum absolute atomic E-state index is 0.0672. The average Bonchev–Trinajstić information content (AvgIpc) is 2.87. The Morgan fingerprint density at radius 1 is 1.36 bits per heavy atom. The minimum atomic E-state index is -0.987. The van der Waals surface area contributed by atoms with Gasteiger partial charge in [0.1, 0.15) is 18.0 Å². The van der Waals surface area contributed by atoms with Gasteiger partial charge in [0.25, 0.3) is 0 Å². The van der Waals surface area contributed by atoms with E-state index in [9.17, 15) is 9.90 Å². The molecule has 5 heteroatoms. The highest BCUT2D eigenvalue weighted by Crippen LogP contribution is 2.59. The standard InChI is InChI=1S/C20H24O5/c1-5-8-20-11-15(22)14(21)10-18(20)25-19(12(20)2)13-6-7-16(23-3)17(9-13)24-4/h5-7,9-10,12,15,19,22H,1,8,11H2,2-4H3/t12-,15+,19-,20-/m1/s1. The average molecular weight is 344 g/mol. The fourth-order valence-electron chi connectivity index (χ4n) is 4.02.